The molecular formula is C17H17N3. The summed E-state index contributed by atoms with van der Waals surface area (Å²) < 4.78 is 0. The van der Waals surface area contributed by atoms with Crippen molar-refractivity contribution in [3.63, 3.8) is 0 Å². The van der Waals surface area contributed by atoms with Crippen molar-refractivity contribution in [3.05, 3.63) is 72.2 Å². The van der Waals surface area contributed by atoms with Crippen LogP contribution in [-0.4, -0.2) is 16.5 Å². The molecule has 2 aromatic heterocycles. The van der Waals surface area contributed by atoms with Gasteiger partial charge < -0.3 is 5.32 Å². The summed E-state index contributed by atoms with van der Waals surface area (Å²) in [6.07, 6.45) is 3.67. The number of nitrogens with one attached hydrogen (secondary N) is 1. The number of pyridine rings is 2. The van der Waals surface area contributed by atoms with Gasteiger partial charge in [0.25, 0.3) is 0 Å². The molecule has 0 aliphatic heterocycles. The molecule has 0 fully saturated rings. The van der Waals surface area contributed by atoms with E-state index in [1.54, 1.807) is 0 Å². The minimum atomic E-state index is 0.0693. The highest BCUT2D eigenvalue weighted by molar-refractivity contribution is 5.82. The molecule has 0 bridgehead atoms. The molecule has 2 heterocycles. The lowest BCUT2D eigenvalue weighted by molar-refractivity contribution is 0.618. The van der Waals surface area contributed by atoms with Crippen LogP contribution in [0.3, 0.4) is 0 Å². The lowest BCUT2D eigenvalue weighted by Crippen LogP contribution is -2.23. The maximum absolute atomic E-state index is 4.54. The van der Waals surface area contributed by atoms with Crippen molar-refractivity contribution in [3.8, 4) is 0 Å². The highest BCUT2D eigenvalue weighted by Crippen LogP contribution is 2.26. The summed E-state index contributed by atoms with van der Waals surface area (Å²) in [5, 5.41) is 4.66. The third kappa shape index (κ3) is 2.40. The Labute approximate surface area is 118 Å². The summed E-state index contributed by atoms with van der Waals surface area (Å²) in [5.41, 5.74) is 3.22. The van der Waals surface area contributed by atoms with Crippen molar-refractivity contribution < 1.29 is 0 Å². The molecule has 1 aromatic carbocycles. The lowest BCUT2D eigenvalue weighted by atomic mass is 9.99. The summed E-state index contributed by atoms with van der Waals surface area (Å²) >= 11 is 0. The number of para-hydroxylation sites is 1. The predicted octanol–water partition coefficient (Wildman–Crippen LogP) is 3.33. The van der Waals surface area contributed by atoms with Crippen LogP contribution in [0.5, 0.6) is 0 Å². The van der Waals surface area contributed by atoms with E-state index in [0.29, 0.717) is 0 Å². The van der Waals surface area contributed by atoms with E-state index in [1.165, 1.54) is 5.56 Å². The minimum absolute atomic E-state index is 0.0693. The Morgan fingerprint density at radius 1 is 0.950 bits per heavy atom. The fraction of sp³-hybridized carbons (Fsp3) is 0.176. The Morgan fingerprint density at radius 3 is 2.60 bits per heavy atom. The molecule has 20 heavy (non-hydrogen) atoms. The highest BCUT2D eigenvalue weighted by Gasteiger charge is 2.16. The van der Waals surface area contributed by atoms with Gasteiger partial charge in [0, 0.05) is 23.3 Å². The second-order valence-electron chi connectivity index (χ2n) is 4.67. The summed E-state index contributed by atoms with van der Waals surface area (Å²) in [4.78, 5) is 9.03. The van der Waals surface area contributed by atoms with Crippen LogP contribution < -0.4 is 5.32 Å². The Kier molecular flexibility index (Phi) is 3.70. The summed E-state index contributed by atoms with van der Waals surface area (Å²) in [6.45, 7) is 2.99. The second-order valence-corrected chi connectivity index (χ2v) is 4.67. The highest BCUT2D eigenvalue weighted by atomic mass is 14.9. The van der Waals surface area contributed by atoms with Crippen molar-refractivity contribution in [2.45, 2.75) is 13.0 Å². The van der Waals surface area contributed by atoms with Gasteiger partial charge in [0.2, 0.25) is 0 Å². The molecule has 0 saturated carbocycles. The smallest absolute Gasteiger partial charge is 0.0772 e. The van der Waals surface area contributed by atoms with Gasteiger partial charge in [0.1, 0.15) is 0 Å². The zero-order valence-corrected chi connectivity index (χ0v) is 11.5. The fourth-order valence-corrected chi connectivity index (χ4v) is 2.49. The van der Waals surface area contributed by atoms with Gasteiger partial charge in [-0.25, -0.2) is 0 Å². The molecule has 3 nitrogen and oxygen atoms in total. The Bertz CT molecular complexity index is 689. The van der Waals surface area contributed by atoms with E-state index in [0.717, 1.165) is 23.1 Å². The van der Waals surface area contributed by atoms with Crippen molar-refractivity contribution in [2.24, 2.45) is 0 Å². The van der Waals surface area contributed by atoms with Gasteiger partial charge in [-0.1, -0.05) is 37.3 Å². The van der Waals surface area contributed by atoms with E-state index in [2.05, 4.69) is 52.5 Å². The molecule has 1 N–H and O–H groups in total. The molecule has 0 spiro atoms. The average molecular weight is 263 g/mol. The quantitative estimate of drug-likeness (QED) is 0.784. The molecule has 3 rings (SSSR count). The predicted molar refractivity (Wildman–Crippen MR) is 81.5 cm³/mol. The van der Waals surface area contributed by atoms with Crippen LogP contribution >= 0.6 is 0 Å². The van der Waals surface area contributed by atoms with E-state index < -0.39 is 0 Å². The number of benzene rings is 1. The molecule has 0 aliphatic carbocycles. The Hall–Kier alpha value is -2.26. The number of hydrogen-bond donors (Lipinski definition) is 1. The molecule has 0 aliphatic rings. The maximum atomic E-state index is 4.54. The third-order valence-corrected chi connectivity index (χ3v) is 3.37. The zero-order chi connectivity index (χ0) is 13.8. The van der Waals surface area contributed by atoms with Gasteiger partial charge in [-0.2, -0.15) is 0 Å². The molecule has 3 aromatic rings. The second kappa shape index (κ2) is 5.80. The van der Waals surface area contributed by atoms with E-state index in [1.807, 2.05) is 30.6 Å². The third-order valence-electron chi connectivity index (χ3n) is 3.37. The lowest BCUT2D eigenvalue weighted by Gasteiger charge is -2.19. The first-order chi connectivity index (χ1) is 9.90. The Morgan fingerprint density at radius 2 is 1.80 bits per heavy atom. The van der Waals surface area contributed by atoms with Crippen molar-refractivity contribution >= 4 is 10.9 Å². The van der Waals surface area contributed by atoms with Crippen LogP contribution in [0.1, 0.15) is 24.2 Å². The van der Waals surface area contributed by atoms with E-state index in [-0.39, 0.29) is 6.04 Å². The largest absolute Gasteiger partial charge is 0.305 e. The number of fused-ring (bicyclic) bond motifs is 1. The molecule has 0 radical (unpaired) electrons. The monoisotopic (exact) mass is 263 g/mol. The number of rotatable bonds is 4. The van der Waals surface area contributed by atoms with Crippen LogP contribution in [-0.2, 0) is 0 Å². The van der Waals surface area contributed by atoms with Crippen molar-refractivity contribution in [1.82, 2.24) is 15.3 Å². The van der Waals surface area contributed by atoms with Gasteiger partial charge in [-0.3, -0.25) is 9.97 Å². The number of aromatic nitrogens is 2. The normalized spacial score (nSPS) is 12.4. The maximum Gasteiger partial charge on any atom is 0.0772 e. The minimum Gasteiger partial charge on any atom is -0.305 e. The van der Waals surface area contributed by atoms with Crippen LogP contribution in [0.15, 0.2) is 60.9 Å². The standard InChI is InChI=1S/C17H17N3/c1-2-18-17(15-10-3-4-11-19-15)14-9-5-7-13-8-6-12-20-16(13)14/h3-12,17-18H,2H2,1H3. The van der Waals surface area contributed by atoms with Gasteiger partial charge in [0.15, 0.2) is 0 Å². The SMILES string of the molecule is CCNC(c1ccccn1)c1cccc2cccnc12. The molecule has 100 valence electrons. The molecular weight excluding hydrogens is 246 g/mol. The molecule has 0 saturated heterocycles. The number of nitrogens with zero attached hydrogens (tertiary/aromatic N) is 2. The molecule has 0 amide bonds. The first-order valence-electron chi connectivity index (χ1n) is 6.88. The van der Waals surface area contributed by atoms with Gasteiger partial charge in [0.05, 0.1) is 17.3 Å². The molecule has 3 heteroatoms. The van der Waals surface area contributed by atoms with Crippen LogP contribution in [0.2, 0.25) is 0 Å². The summed E-state index contributed by atoms with van der Waals surface area (Å²) in [6, 6.07) is 16.4. The van der Waals surface area contributed by atoms with Gasteiger partial charge in [-0.15, -0.1) is 0 Å². The Balaban J connectivity index is 2.15. The molecule has 1 atom stereocenters. The summed E-state index contributed by atoms with van der Waals surface area (Å²) in [5.74, 6) is 0. The van der Waals surface area contributed by atoms with Crippen molar-refractivity contribution in [1.29, 1.82) is 0 Å². The van der Waals surface area contributed by atoms with E-state index >= 15 is 0 Å². The van der Waals surface area contributed by atoms with Gasteiger partial charge in [-0.05, 0) is 24.7 Å². The van der Waals surface area contributed by atoms with E-state index in [4.69, 9.17) is 0 Å². The van der Waals surface area contributed by atoms with Crippen LogP contribution in [0, 0.1) is 0 Å². The van der Waals surface area contributed by atoms with Gasteiger partial charge >= 0.3 is 0 Å². The average Bonchev–Trinajstić information content (AvgIpc) is 2.53. The number of hydrogen-bond acceptors (Lipinski definition) is 3. The fourth-order valence-electron chi connectivity index (χ4n) is 2.49. The van der Waals surface area contributed by atoms with E-state index in [9.17, 15) is 0 Å². The first-order valence-corrected chi connectivity index (χ1v) is 6.88. The van der Waals surface area contributed by atoms with Crippen LogP contribution in [0.25, 0.3) is 10.9 Å². The van der Waals surface area contributed by atoms with Crippen LogP contribution in [0.4, 0.5) is 0 Å². The molecule has 1 unspecified atom stereocenters. The summed E-state index contributed by atoms with van der Waals surface area (Å²) in [7, 11) is 0. The topological polar surface area (TPSA) is 37.8 Å². The first kappa shape index (κ1) is 12.8. The zero-order valence-electron chi connectivity index (χ0n) is 11.5. The van der Waals surface area contributed by atoms with Crippen molar-refractivity contribution in [2.75, 3.05) is 6.54 Å².